The molecule has 0 unspecified atom stereocenters. The zero-order valence-corrected chi connectivity index (χ0v) is 13.5. The molecule has 1 fully saturated rings. The molecule has 1 aliphatic rings. The van der Waals surface area contributed by atoms with Crippen LogP contribution in [-0.2, 0) is 4.79 Å². The summed E-state index contributed by atoms with van der Waals surface area (Å²) in [4.78, 5) is 14.6. The number of nitrogens with one attached hydrogen (secondary N) is 1. The van der Waals surface area contributed by atoms with Gasteiger partial charge in [-0.15, -0.1) is 0 Å². The van der Waals surface area contributed by atoms with Crippen LogP contribution in [0.25, 0.3) is 0 Å². The van der Waals surface area contributed by atoms with Crippen molar-refractivity contribution >= 4 is 5.91 Å². The van der Waals surface area contributed by atoms with Crippen LogP contribution in [0.4, 0.5) is 0 Å². The van der Waals surface area contributed by atoms with Crippen molar-refractivity contribution in [3.63, 3.8) is 0 Å². The van der Waals surface area contributed by atoms with Crippen molar-refractivity contribution in [1.82, 2.24) is 10.2 Å². The van der Waals surface area contributed by atoms with E-state index in [2.05, 4.69) is 31.0 Å². The van der Waals surface area contributed by atoms with E-state index in [4.69, 9.17) is 5.73 Å². The number of rotatable bonds is 8. The van der Waals surface area contributed by atoms with Gasteiger partial charge in [0.15, 0.2) is 0 Å². The van der Waals surface area contributed by atoms with Gasteiger partial charge in [0.2, 0.25) is 5.91 Å². The van der Waals surface area contributed by atoms with Crippen molar-refractivity contribution < 1.29 is 4.79 Å². The summed E-state index contributed by atoms with van der Waals surface area (Å²) in [5.41, 5.74) is 5.77. The van der Waals surface area contributed by atoms with E-state index in [-0.39, 0.29) is 5.91 Å². The highest BCUT2D eigenvalue weighted by atomic mass is 16.1. The lowest BCUT2D eigenvalue weighted by atomic mass is 9.93. The average Bonchev–Trinajstić information content (AvgIpc) is 2.40. The SMILES string of the molecule is CCCN1CCC(NC(=O)C[C@@H](CN)CC(C)C)CC1. The predicted molar refractivity (Wildman–Crippen MR) is 84.5 cm³/mol. The molecule has 0 aromatic rings. The Morgan fingerprint density at radius 1 is 1.35 bits per heavy atom. The summed E-state index contributed by atoms with van der Waals surface area (Å²) in [6.45, 7) is 10.6. The van der Waals surface area contributed by atoms with E-state index in [1.165, 1.54) is 13.0 Å². The zero-order valence-electron chi connectivity index (χ0n) is 13.5. The third-order valence-electron chi connectivity index (χ3n) is 4.10. The third kappa shape index (κ3) is 6.71. The van der Waals surface area contributed by atoms with E-state index >= 15 is 0 Å². The Morgan fingerprint density at radius 3 is 2.50 bits per heavy atom. The first-order valence-corrected chi connectivity index (χ1v) is 8.26. The highest BCUT2D eigenvalue weighted by molar-refractivity contribution is 5.76. The van der Waals surface area contributed by atoms with E-state index in [0.717, 1.165) is 32.4 Å². The Bertz CT molecular complexity index is 273. The van der Waals surface area contributed by atoms with Crippen LogP contribution in [0.15, 0.2) is 0 Å². The maximum atomic E-state index is 12.1. The average molecular weight is 283 g/mol. The van der Waals surface area contributed by atoms with Crippen LogP contribution < -0.4 is 11.1 Å². The molecule has 20 heavy (non-hydrogen) atoms. The Hall–Kier alpha value is -0.610. The third-order valence-corrected chi connectivity index (χ3v) is 4.10. The lowest BCUT2D eigenvalue weighted by Gasteiger charge is -2.32. The van der Waals surface area contributed by atoms with E-state index < -0.39 is 0 Å². The van der Waals surface area contributed by atoms with Crippen LogP contribution in [-0.4, -0.2) is 43.0 Å². The Kier molecular flexibility index (Phi) is 8.15. The number of nitrogens with zero attached hydrogens (tertiary/aromatic N) is 1. The molecule has 118 valence electrons. The second kappa shape index (κ2) is 9.35. The molecule has 1 atom stereocenters. The first kappa shape index (κ1) is 17.4. The summed E-state index contributed by atoms with van der Waals surface area (Å²) in [5.74, 6) is 1.12. The fraction of sp³-hybridized carbons (Fsp3) is 0.938. The minimum absolute atomic E-state index is 0.190. The minimum atomic E-state index is 0.190. The largest absolute Gasteiger partial charge is 0.353 e. The van der Waals surface area contributed by atoms with Crippen molar-refractivity contribution in [3.8, 4) is 0 Å². The van der Waals surface area contributed by atoms with Gasteiger partial charge in [-0.1, -0.05) is 20.8 Å². The molecule has 1 amide bonds. The molecule has 1 aliphatic heterocycles. The van der Waals surface area contributed by atoms with Crippen LogP contribution in [0, 0.1) is 11.8 Å². The standard InChI is InChI=1S/C16H33N3O/c1-4-7-19-8-5-15(6-9-19)18-16(20)11-14(12-17)10-13(2)3/h13-15H,4-12,17H2,1-3H3,(H,18,20)/t14-/m0/s1. The molecular formula is C16H33N3O. The van der Waals surface area contributed by atoms with Gasteiger partial charge >= 0.3 is 0 Å². The van der Waals surface area contributed by atoms with Gasteiger partial charge in [-0.05, 0) is 50.6 Å². The maximum absolute atomic E-state index is 12.1. The number of piperidine rings is 1. The van der Waals surface area contributed by atoms with E-state index in [0.29, 0.717) is 30.8 Å². The normalized spacial score (nSPS) is 19.2. The molecule has 0 radical (unpaired) electrons. The molecule has 3 N–H and O–H groups in total. The van der Waals surface area contributed by atoms with Crippen LogP contribution in [0.2, 0.25) is 0 Å². The molecule has 1 rings (SSSR count). The van der Waals surface area contributed by atoms with Gasteiger partial charge in [0, 0.05) is 25.6 Å². The van der Waals surface area contributed by atoms with Crippen molar-refractivity contribution in [2.24, 2.45) is 17.6 Å². The number of nitrogens with two attached hydrogens (primary N) is 1. The molecular weight excluding hydrogens is 250 g/mol. The number of likely N-dealkylation sites (tertiary alicyclic amines) is 1. The van der Waals surface area contributed by atoms with Crippen LogP contribution in [0.1, 0.15) is 52.9 Å². The summed E-state index contributed by atoms with van der Waals surface area (Å²) in [7, 11) is 0. The molecule has 0 aromatic carbocycles. The van der Waals surface area contributed by atoms with E-state index in [1.807, 2.05) is 0 Å². The Labute approximate surface area is 124 Å². The monoisotopic (exact) mass is 283 g/mol. The van der Waals surface area contributed by atoms with Crippen molar-refractivity contribution in [2.45, 2.75) is 58.9 Å². The van der Waals surface area contributed by atoms with Crippen LogP contribution in [0.3, 0.4) is 0 Å². The zero-order chi connectivity index (χ0) is 15.0. The second-order valence-electron chi connectivity index (χ2n) is 6.62. The van der Waals surface area contributed by atoms with Gasteiger partial charge in [0.1, 0.15) is 0 Å². The molecule has 0 saturated carbocycles. The first-order chi connectivity index (χ1) is 9.55. The molecule has 0 bridgehead atoms. The lowest BCUT2D eigenvalue weighted by Crippen LogP contribution is -2.45. The summed E-state index contributed by atoms with van der Waals surface area (Å²) in [6, 6.07) is 0.369. The van der Waals surface area contributed by atoms with Gasteiger partial charge in [-0.25, -0.2) is 0 Å². The van der Waals surface area contributed by atoms with Crippen LogP contribution in [0.5, 0.6) is 0 Å². The fourth-order valence-corrected chi connectivity index (χ4v) is 3.10. The predicted octanol–water partition coefficient (Wildman–Crippen LogP) is 1.99. The van der Waals surface area contributed by atoms with E-state index in [9.17, 15) is 4.79 Å². The number of hydrogen-bond acceptors (Lipinski definition) is 3. The Morgan fingerprint density at radius 2 is 2.00 bits per heavy atom. The van der Waals surface area contributed by atoms with Gasteiger partial charge in [-0.3, -0.25) is 4.79 Å². The van der Waals surface area contributed by atoms with Crippen LogP contribution >= 0.6 is 0 Å². The molecule has 0 aliphatic carbocycles. The summed E-state index contributed by atoms with van der Waals surface area (Å²) < 4.78 is 0. The lowest BCUT2D eigenvalue weighted by molar-refractivity contribution is -0.123. The number of carbonyl (C=O) groups is 1. The van der Waals surface area contributed by atoms with Gasteiger partial charge in [0.25, 0.3) is 0 Å². The van der Waals surface area contributed by atoms with Gasteiger partial charge in [0.05, 0.1) is 0 Å². The molecule has 1 heterocycles. The quantitative estimate of drug-likeness (QED) is 0.716. The number of amides is 1. The Balaban J connectivity index is 2.25. The van der Waals surface area contributed by atoms with E-state index in [1.54, 1.807) is 0 Å². The number of hydrogen-bond donors (Lipinski definition) is 2. The minimum Gasteiger partial charge on any atom is -0.353 e. The summed E-state index contributed by atoms with van der Waals surface area (Å²) in [5, 5.41) is 3.20. The van der Waals surface area contributed by atoms with Crippen molar-refractivity contribution in [2.75, 3.05) is 26.2 Å². The molecule has 0 aromatic heterocycles. The topological polar surface area (TPSA) is 58.4 Å². The molecule has 0 spiro atoms. The maximum Gasteiger partial charge on any atom is 0.220 e. The summed E-state index contributed by atoms with van der Waals surface area (Å²) >= 11 is 0. The van der Waals surface area contributed by atoms with Crippen molar-refractivity contribution in [3.05, 3.63) is 0 Å². The molecule has 4 nitrogen and oxygen atoms in total. The molecule has 1 saturated heterocycles. The number of carbonyl (C=O) groups excluding carboxylic acids is 1. The fourth-order valence-electron chi connectivity index (χ4n) is 3.10. The highest BCUT2D eigenvalue weighted by Crippen LogP contribution is 2.15. The molecule has 4 heteroatoms. The second-order valence-corrected chi connectivity index (χ2v) is 6.62. The van der Waals surface area contributed by atoms with Gasteiger partial charge < -0.3 is 16.0 Å². The highest BCUT2D eigenvalue weighted by Gasteiger charge is 2.21. The smallest absolute Gasteiger partial charge is 0.220 e. The summed E-state index contributed by atoms with van der Waals surface area (Å²) in [6.07, 6.45) is 5.01. The van der Waals surface area contributed by atoms with Gasteiger partial charge in [-0.2, -0.15) is 0 Å². The van der Waals surface area contributed by atoms with Crippen molar-refractivity contribution in [1.29, 1.82) is 0 Å². The first-order valence-electron chi connectivity index (χ1n) is 8.26.